The molecule has 0 radical (unpaired) electrons. The Balaban J connectivity index is 2.20. The fraction of sp³-hybridized carbons (Fsp3) is 0.636. The van der Waals surface area contributed by atoms with Gasteiger partial charge in [0, 0.05) is 25.0 Å². The van der Waals surface area contributed by atoms with Crippen molar-refractivity contribution in [3.05, 3.63) is 18.7 Å². The molecule has 0 amide bonds. The number of aldehydes is 1. The third-order valence-electron chi connectivity index (χ3n) is 2.20. The maximum Gasteiger partial charge on any atom is 0.136 e. The molecule has 15 heavy (non-hydrogen) atoms. The summed E-state index contributed by atoms with van der Waals surface area (Å²) in [5.74, 6) is 0. The molecule has 1 rings (SSSR count). The number of carbonyl (C=O) groups is 1. The van der Waals surface area contributed by atoms with Crippen LogP contribution < -0.4 is 5.32 Å². The van der Waals surface area contributed by atoms with Gasteiger partial charge in [-0.1, -0.05) is 13.8 Å². The Kier molecular flexibility index (Phi) is 5.04. The predicted molar refractivity (Wildman–Crippen MR) is 59.6 cm³/mol. The molecule has 1 aromatic rings. The molecule has 4 nitrogen and oxygen atoms in total. The van der Waals surface area contributed by atoms with Gasteiger partial charge in [0.05, 0.1) is 12.4 Å². The van der Waals surface area contributed by atoms with Crippen molar-refractivity contribution < 1.29 is 4.79 Å². The fourth-order valence-corrected chi connectivity index (χ4v) is 1.53. The highest BCUT2D eigenvalue weighted by molar-refractivity contribution is 5.57. The van der Waals surface area contributed by atoms with Crippen LogP contribution in [0.25, 0.3) is 0 Å². The molecule has 1 unspecified atom stereocenters. The third-order valence-corrected chi connectivity index (χ3v) is 2.20. The second kappa shape index (κ2) is 6.35. The minimum atomic E-state index is -0.0199. The lowest BCUT2D eigenvalue weighted by Gasteiger charge is -2.15. The van der Waals surface area contributed by atoms with E-state index in [4.69, 9.17) is 0 Å². The van der Waals surface area contributed by atoms with E-state index >= 15 is 0 Å². The fourth-order valence-electron chi connectivity index (χ4n) is 1.53. The monoisotopic (exact) mass is 209 g/mol. The molecule has 0 saturated heterocycles. The van der Waals surface area contributed by atoms with Crippen LogP contribution in [-0.4, -0.2) is 27.9 Å². The van der Waals surface area contributed by atoms with E-state index in [2.05, 4.69) is 10.3 Å². The lowest BCUT2D eigenvalue weighted by molar-refractivity contribution is -0.109. The molecule has 4 heteroatoms. The second-order valence-electron chi connectivity index (χ2n) is 4.01. The van der Waals surface area contributed by atoms with Crippen molar-refractivity contribution in [1.29, 1.82) is 0 Å². The summed E-state index contributed by atoms with van der Waals surface area (Å²) < 4.78 is 2.03. The van der Waals surface area contributed by atoms with Crippen LogP contribution in [0.3, 0.4) is 0 Å². The molecule has 0 fully saturated rings. The smallest absolute Gasteiger partial charge is 0.136 e. The Bertz CT molecular complexity index is 269. The molecule has 0 aliphatic heterocycles. The summed E-state index contributed by atoms with van der Waals surface area (Å²) in [4.78, 5) is 14.7. The highest BCUT2D eigenvalue weighted by Crippen LogP contribution is 1.99. The van der Waals surface area contributed by atoms with Crippen LogP contribution in [0.1, 0.15) is 26.7 Å². The summed E-state index contributed by atoms with van der Waals surface area (Å²) in [5.41, 5.74) is 0. The zero-order valence-corrected chi connectivity index (χ0v) is 9.39. The number of imidazole rings is 1. The van der Waals surface area contributed by atoms with Crippen LogP contribution in [0.4, 0.5) is 0 Å². The van der Waals surface area contributed by atoms with Crippen molar-refractivity contribution >= 4 is 6.29 Å². The molecule has 1 atom stereocenters. The first-order valence-corrected chi connectivity index (χ1v) is 5.39. The first-order valence-electron chi connectivity index (χ1n) is 5.39. The minimum Gasteiger partial charge on any atom is -0.337 e. The van der Waals surface area contributed by atoms with Gasteiger partial charge >= 0.3 is 0 Å². The topological polar surface area (TPSA) is 46.9 Å². The Morgan fingerprint density at radius 2 is 2.33 bits per heavy atom. The molecule has 1 heterocycles. The van der Waals surface area contributed by atoms with Gasteiger partial charge in [0.25, 0.3) is 0 Å². The number of aryl methyl sites for hydroxylation is 1. The van der Waals surface area contributed by atoms with E-state index in [0.717, 1.165) is 25.7 Å². The lowest BCUT2D eigenvalue weighted by Crippen LogP contribution is -2.36. The van der Waals surface area contributed by atoms with Crippen LogP contribution >= 0.6 is 0 Å². The van der Waals surface area contributed by atoms with E-state index in [1.807, 2.05) is 24.6 Å². The Hall–Kier alpha value is -1.16. The lowest BCUT2D eigenvalue weighted by atomic mass is 10.1. The molecule has 0 aliphatic carbocycles. The first-order chi connectivity index (χ1) is 7.22. The highest BCUT2D eigenvalue weighted by Gasteiger charge is 2.07. The number of nitrogens with zero attached hydrogens (tertiary/aromatic N) is 2. The average Bonchev–Trinajstić information content (AvgIpc) is 2.68. The molecule has 0 aromatic carbocycles. The molecule has 0 bridgehead atoms. The molecule has 1 aromatic heterocycles. The number of rotatable bonds is 7. The SMILES string of the molecule is CC(C)NC(C=O)CCCn1ccnc1. The van der Waals surface area contributed by atoms with E-state index in [-0.39, 0.29) is 6.04 Å². The summed E-state index contributed by atoms with van der Waals surface area (Å²) >= 11 is 0. The van der Waals surface area contributed by atoms with Crippen LogP contribution in [0.15, 0.2) is 18.7 Å². The summed E-state index contributed by atoms with van der Waals surface area (Å²) in [6.07, 6.45) is 8.36. The van der Waals surface area contributed by atoms with Gasteiger partial charge < -0.3 is 14.7 Å². The van der Waals surface area contributed by atoms with Crippen LogP contribution in [0, 0.1) is 0 Å². The van der Waals surface area contributed by atoms with Crippen LogP contribution in [0.2, 0.25) is 0 Å². The number of nitrogens with one attached hydrogen (secondary N) is 1. The van der Waals surface area contributed by atoms with Gasteiger partial charge in [-0.25, -0.2) is 4.98 Å². The van der Waals surface area contributed by atoms with Gasteiger partial charge in [0.2, 0.25) is 0 Å². The number of hydrogen-bond acceptors (Lipinski definition) is 3. The van der Waals surface area contributed by atoms with Crippen molar-refractivity contribution in [2.24, 2.45) is 0 Å². The van der Waals surface area contributed by atoms with E-state index in [1.54, 1.807) is 12.5 Å². The largest absolute Gasteiger partial charge is 0.337 e. The van der Waals surface area contributed by atoms with Crippen molar-refractivity contribution in [3.8, 4) is 0 Å². The highest BCUT2D eigenvalue weighted by atomic mass is 16.1. The van der Waals surface area contributed by atoms with Crippen LogP contribution in [-0.2, 0) is 11.3 Å². The zero-order valence-electron chi connectivity index (χ0n) is 9.39. The maximum atomic E-state index is 10.8. The van der Waals surface area contributed by atoms with E-state index in [0.29, 0.717) is 6.04 Å². The van der Waals surface area contributed by atoms with Gasteiger partial charge in [0.15, 0.2) is 0 Å². The van der Waals surface area contributed by atoms with Gasteiger partial charge in [0.1, 0.15) is 6.29 Å². The number of aromatic nitrogens is 2. The van der Waals surface area contributed by atoms with E-state index in [1.165, 1.54) is 0 Å². The number of hydrogen-bond donors (Lipinski definition) is 1. The summed E-state index contributed by atoms with van der Waals surface area (Å²) in [7, 11) is 0. The molecule has 84 valence electrons. The molecule has 0 saturated carbocycles. The van der Waals surface area contributed by atoms with Crippen LogP contribution in [0.5, 0.6) is 0 Å². The van der Waals surface area contributed by atoms with E-state index < -0.39 is 0 Å². The summed E-state index contributed by atoms with van der Waals surface area (Å²) in [6.45, 7) is 5.02. The van der Waals surface area contributed by atoms with Gasteiger partial charge in [-0.05, 0) is 12.8 Å². The van der Waals surface area contributed by atoms with Crippen molar-refractivity contribution in [2.75, 3.05) is 0 Å². The standard InChI is InChI=1S/C11H19N3O/c1-10(2)13-11(8-15)4-3-6-14-7-5-12-9-14/h5,7-11,13H,3-4,6H2,1-2H3. The first kappa shape index (κ1) is 11.9. The molecular formula is C11H19N3O. The maximum absolute atomic E-state index is 10.8. The molecule has 0 aliphatic rings. The Morgan fingerprint density at radius 3 is 2.87 bits per heavy atom. The normalized spacial score (nSPS) is 13.0. The van der Waals surface area contributed by atoms with Crippen molar-refractivity contribution in [2.45, 2.75) is 45.3 Å². The predicted octanol–water partition coefficient (Wildman–Crippen LogP) is 1.23. The van der Waals surface area contributed by atoms with Gasteiger partial charge in [-0.2, -0.15) is 0 Å². The number of carbonyl (C=O) groups excluding carboxylic acids is 1. The molecular weight excluding hydrogens is 190 g/mol. The summed E-state index contributed by atoms with van der Waals surface area (Å²) in [6, 6.07) is 0.335. The van der Waals surface area contributed by atoms with Crippen molar-refractivity contribution in [1.82, 2.24) is 14.9 Å². The van der Waals surface area contributed by atoms with Crippen molar-refractivity contribution in [3.63, 3.8) is 0 Å². The average molecular weight is 209 g/mol. The van der Waals surface area contributed by atoms with Gasteiger partial charge in [-0.3, -0.25) is 0 Å². The minimum absolute atomic E-state index is 0.0199. The second-order valence-corrected chi connectivity index (χ2v) is 4.01. The Morgan fingerprint density at radius 1 is 1.53 bits per heavy atom. The van der Waals surface area contributed by atoms with Gasteiger partial charge in [-0.15, -0.1) is 0 Å². The Labute approximate surface area is 90.7 Å². The molecule has 0 spiro atoms. The van der Waals surface area contributed by atoms with E-state index in [9.17, 15) is 4.79 Å². The summed E-state index contributed by atoms with van der Waals surface area (Å²) in [5, 5.41) is 3.22. The quantitative estimate of drug-likeness (QED) is 0.687. The third kappa shape index (κ3) is 4.74. The zero-order chi connectivity index (χ0) is 11.1. The molecule has 1 N–H and O–H groups in total.